The molecule has 1 aliphatic rings. The average molecular weight is 347 g/mol. The maximum atomic E-state index is 12.5. The van der Waals surface area contributed by atoms with Gasteiger partial charge in [-0.3, -0.25) is 4.79 Å². The molecule has 6 nitrogen and oxygen atoms in total. The van der Waals surface area contributed by atoms with Crippen molar-refractivity contribution in [3.05, 3.63) is 24.3 Å². The predicted octanol–water partition coefficient (Wildman–Crippen LogP) is 3.34. The standard InChI is InChI=1S/C19H29N3O3/c1-6-21(5)16-9-7-8-15(12-16)20-17(23)14-10-11-22(13-14)18(24)25-19(2,3)4/h7-9,12,14H,6,10-11,13H2,1-5H3,(H,20,23). The van der Waals surface area contributed by atoms with Gasteiger partial charge >= 0.3 is 6.09 Å². The Kier molecular flexibility index (Phi) is 5.93. The van der Waals surface area contributed by atoms with Crippen molar-refractivity contribution in [2.24, 2.45) is 5.92 Å². The molecule has 1 saturated heterocycles. The first-order valence-electron chi connectivity index (χ1n) is 8.79. The summed E-state index contributed by atoms with van der Waals surface area (Å²) in [5, 5.41) is 2.97. The highest BCUT2D eigenvalue weighted by Gasteiger charge is 2.33. The molecule has 1 atom stereocenters. The van der Waals surface area contributed by atoms with E-state index >= 15 is 0 Å². The van der Waals surface area contributed by atoms with Crippen LogP contribution < -0.4 is 10.2 Å². The van der Waals surface area contributed by atoms with Gasteiger partial charge < -0.3 is 19.9 Å². The number of hydrogen-bond donors (Lipinski definition) is 1. The quantitative estimate of drug-likeness (QED) is 0.907. The van der Waals surface area contributed by atoms with Gasteiger partial charge in [-0.2, -0.15) is 0 Å². The molecular weight excluding hydrogens is 318 g/mol. The zero-order valence-electron chi connectivity index (χ0n) is 15.8. The van der Waals surface area contributed by atoms with Gasteiger partial charge in [-0.25, -0.2) is 4.79 Å². The SMILES string of the molecule is CCN(C)c1cccc(NC(=O)C2CCN(C(=O)OC(C)(C)C)C2)c1. The molecule has 2 amide bonds. The van der Waals surface area contributed by atoms with E-state index in [0.717, 1.165) is 17.9 Å². The van der Waals surface area contributed by atoms with Crippen LogP contribution in [-0.2, 0) is 9.53 Å². The van der Waals surface area contributed by atoms with E-state index in [0.29, 0.717) is 19.5 Å². The number of carbonyl (C=O) groups excluding carboxylic acids is 2. The number of anilines is 2. The highest BCUT2D eigenvalue weighted by molar-refractivity contribution is 5.93. The fourth-order valence-electron chi connectivity index (χ4n) is 2.71. The fourth-order valence-corrected chi connectivity index (χ4v) is 2.71. The number of benzene rings is 1. The van der Waals surface area contributed by atoms with Crippen LogP contribution in [0.1, 0.15) is 34.1 Å². The molecule has 0 aromatic heterocycles. The Morgan fingerprint density at radius 3 is 2.72 bits per heavy atom. The van der Waals surface area contributed by atoms with Crippen LogP contribution >= 0.6 is 0 Å². The lowest BCUT2D eigenvalue weighted by Gasteiger charge is -2.24. The van der Waals surface area contributed by atoms with Crippen molar-refractivity contribution in [2.75, 3.05) is 36.9 Å². The molecule has 0 spiro atoms. The minimum Gasteiger partial charge on any atom is -0.444 e. The van der Waals surface area contributed by atoms with Gasteiger partial charge in [0.25, 0.3) is 0 Å². The van der Waals surface area contributed by atoms with Crippen molar-refractivity contribution >= 4 is 23.4 Å². The summed E-state index contributed by atoms with van der Waals surface area (Å²) < 4.78 is 5.37. The Morgan fingerprint density at radius 1 is 1.36 bits per heavy atom. The van der Waals surface area contributed by atoms with Crippen LogP contribution in [0.3, 0.4) is 0 Å². The third-order valence-electron chi connectivity index (χ3n) is 4.24. The van der Waals surface area contributed by atoms with Crippen LogP contribution in [0.5, 0.6) is 0 Å². The number of likely N-dealkylation sites (tertiary alicyclic amines) is 1. The first-order chi connectivity index (χ1) is 11.7. The van der Waals surface area contributed by atoms with Crippen LogP contribution in [0.25, 0.3) is 0 Å². The molecule has 6 heteroatoms. The number of nitrogens with one attached hydrogen (secondary N) is 1. The molecule has 0 radical (unpaired) electrons. The Morgan fingerprint density at radius 2 is 2.08 bits per heavy atom. The van der Waals surface area contributed by atoms with Gasteiger partial charge in [-0.15, -0.1) is 0 Å². The summed E-state index contributed by atoms with van der Waals surface area (Å²) in [4.78, 5) is 28.3. The van der Waals surface area contributed by atoms with E-state index in [1.807, 2.05) is 52.1 Å². The van der Waals surface area contributed by atoms with Crippen molar-refractivity contribution in [3.8, 4) is 0 Å². The summed E-state index contributed by atoms with van der Waals surface area (Å²) in [6.45, 7) is 9.43. The van der Waals surface area contributed by atoms with Gasteiger partial charge in [0.1, 0.15) is 5.60 Å². The normalized spacial score (nSPS) is 17.3. The molecular formula is C19H29N3O3. The predicted molar refractivity (Wildman–Crippen MR) is 99.9 cm³/mol. The molecule has 25 heavy (non-hydrogen) atoms. The van der Waals surface area contributed by atoms with Crippen molar-refractivity contribution in [1.29, 1.82) is 0 Å². The van der Waals surface area contributed by atoms with Gasteiger partial charge in [-0.05, 0) is 52.3 Å². The Balaban J connectivity index is 1.93. The average Bonchev–Trinajstić information content (AvgIpc) is 3.03. The molecule has 1 aromatic carbocycles. The zero-order valence-corrected chi connectivity index (χ0v) is 15.8. The summed E-state index contributed by atoms with van der Waals surface area (Å²) in [5.41, 5.74) is 1.31. The van der Waals surface area contributed by atoms with E-state index in [9.17, 15) is 9.59 Å². The van der Waals surface area contributed by atoms with E-state index in [1.54, 1.807) is 4.90 Å². The van der Waals surface area contributed by atoms with E-state index in [1.165, 1.54) is 0 Å². The molecule has 138 valence electrons. The summed E-state index contributed by atoms with van der Waals surface area (Å²) in [7, 11) is 2.01. The van der Waals surface area contributed by atoms with Crippen molar-refractivity contribution < 1.29 is 14.3 Å². The third-order valence-corrected chi connectivity index (χ3v) is 4.24. The largest absolute Gasteiger partial charge is 0.444 e. The molecule has 1 aliphatic heterocycles. The van der Waals surface area contributed by atoms with E-state index in [2.05, 4.69) is 17.1 Å². The van der Waals surface area contributed by atoms with Crippen molar-refractivity contribution in [2.45, 2.75) is 39.7 Å². The molecule has 1 N–H and O–H groups in total. The van der Waals surface area contributed by atoms with Crippen LogP contribution in [0.4, 0.5) is 16.2 Å². The first kappa shape index (κ1) is 19.1. The van der Waals surface area contributed by atoms with Crippen LogP contribution in [0.15, 0.2) is 24.3 Å². The molecule has 1 aromatic rings. The van der Waals surface area contributed by atoms with Gasteiger partial charge in [0, 0.05) is 38.1 Å². The molecule has 2 rings (SSSR count). The van der Waals surface area contributed by atoms with Crippen LogP contribution in [0, 0.1) is 5.92 Å². The lowest BCUT2D eigenvalue weighted by atomic mass is 10.1. The second-order valence-corrected chi connectivity index (χ2v) is 7.47. The summed E-state index contributed by atoms with van der Waals surface area (Å²) in [6.07, 6.45) is 0.300. The number of hydrogen-bond acceptors (Lipinski definition) is 4. The lowest BCUT2D eigenvalue weighted by Crippen LogP contribution is -2.36. The Hall–Kier alpha value is -2.24. The topological polar surface area (TPSA) is 61.9 Å². The third kappa shape index (κ3) is 5.37. The zero-order chi connectivity index (χ0) is 18.6. The van der Waals surface area contributed by atoms with Crippen molar-refractivity contribution in [3.63, 3.8) is 0 Å². The number of carbonyl (C=O) groups is 2. The summed E-state index contributed by atoms with van der Waals surface area (Å²) in [6, 6.07) is 7.78. The molecule has 0 aliphatic carbocycles. The van der Waals surface area contributed by atoms with E-state index < -0.39 is 5.60 Å². The summed E-state index contributed by atoms with van der Waals surface area (Å²) in [5.74, 6) is -0.262. The molecule has 0 saturated carbocycles. The number of nitrogens with zero attached hydrogens (tertiary/aromatic N) is 2. The van der Waals surface area contributed by atoms with Crippen LogP contribution in [0.2, 0.25) is 0 Å². The maximum absolute atomic E-state index is 12.5. The minimum absolute atomic E-state index is 0.0534. The number of amides is 2. The Labute approximate surface area is 150 Å². The van der Waals surface area contributed by atoms with Crippen LogP contribution in [-0.4, -0.2) is 49.2 Å². The number of rotatable bonds is 4. The van der Waals surface area contributed by atoms with Gasteiger partial charge in [0.2, 0.25) is 5.91 Å². The highest BCUT2D eigenvalue weighted by atomic mass is 16.6. The first-order valence-corrected chi connectivity index (χ1v) is 8.79. The molecule has 1 heterocycles. The summed E-state index contributed by atoms with van der Waals surface area (Å²) >= 11 is 0. The lowest BCUT2D eigenvalue weighted by molar-refractivity contribution is -0.119. The van der Waals surface area contributed by atoms with Crippen molar-refractivity contribution in [1.82, 2.24) is 4.90 Å². The van der Waals surface area contributed by atoms with Gasteiger partial charge in [-0.1, -0.05) is 6.07 Å². The number of ether oxygens (including phenoxy) is 1. The Bertz CT molecular complexity index is 625. The second kappa shape index (κ2) is 7.76. The molecule has 0 bridgehead atoms. The molecule has 1 unspecified atom stereocenters. The van der Waals surface area contributed by atoms with Gasteiger partial charge in [0.15, 0.2) is 0 Å². The second-order valence-electron chi connectivity index (χ2n) is 7.47. The van der Waals surface area contributed by atoms with Gasteiger partial charge in [0.05, 0.1) is 5.92 Å². The highest BCUT2D eigenvalue weighted by Crippen LogP contribution is 2.23. The maximum Gasteiger partial charge on any atom is 0.410 e. The van der Waals surface area contributed by atoms with E-state index in [4.69, 9.17) is 4.74 Å². The molecule has 1 fully saturated rings. The van der Waals surface area contributed by atoms with E-state index in [-0.39, 0.29) is 17.9 Å². The smallest absolute Gasteiger partial charge is 0.410 e. The fraction of sp³-hybridized carbons (Fsp3) is 0.579. The minimum atomic E-state index is -0.525. The monoisotopic (exact) mass is 347 g/mol.